The number of aromatic nitrogens is 1. The Hall–Kier alpha value is -2.50. The number of thiophene rings is 1. The van der Waals surface area contributed by atoms with E-state index in [1.165, 1.54) is 39.0 Å². The van der Waals surface area contributed by atoms with E-state index in [1.54, 1.807) is 0 Å². The summed E-state index contributed by atoms with van der Waals surface area (Å²) < 4.78 is 0. The van der Waals surface area contributed by atoms with Crippen molar-refractivity contribution in [3.8, 4) is 0 Å². The molecule has 2 aromatic carbocycles. The number of carbonyl (C=O) groups is 1. The van der Waals surface area contributed by atoms with Crippen LogP contribution in [0.4, 0.5) is 5.13 Å². The number of amides is 1. The van der Waals surface area contributed by atoms with E-state index in [-0.39, 0.29) is 5.91 Å². The molecule has 0 bridgehead atoms. The predicted molar refractivity (Wildman–Crippen MR) is 101 cm³/mol. The molecule has 0 saturated heterocycles. The van der Waals surface area contributed by atoms with Gasteiger partial charge in [0.1, 0.15) is 0 Å². The Morgan fingerprint density at radius 3 is 2.79 bits per heavy atom. The van der Waals surface area contributed by atoms with Crippen LogP contribution in [0.2, 0.25) is 0 Å². The summed E-state index contributed by atoms with van der Waals surface area (Å²) in [6, 6.07) is 18.4. The van der Waals surface area contributed by atoms with Gasteiger partial charge in [0, 0.05) is 17.5 Å². The Morgan fingerprint density at radius 2 is 1.92 bits per heavy atom. The highest BCUT2D eigenvalue weighted by Gasteiger charge is 2.10. The molecule has 1 amide bonds. The van der Waals surface area contributed by atoms with E-state index in [1.807, 2.05) is 23.7 Å². The maximum Gasteiger partial charge on any atom is 0.267 e. The summed E-state index contributed by atoms with van der Waals surface area (Å²) in [6.07, 6.45) is 2.66. The number of hydrogen-bond donors (Lipinski definition) is 1. The number of nitrogens with zero attached hydrogens (tertiary/aromatic N) is 1. The van der Waals surface area contributed by atoms with Crippen molar-refractivity contribution < 1.29 is 4.79 Å². The molecule has 0 aliphatic carbocycles. The van der Waals surface area contributed by atoms with Gasteiger partial charge in [0.2, 0.25) is 0 Å². The summed E-state index contributed by atoms with van der Waals surface area (Å²) in [5.74, 6) is -0.101. The van der Waals surface area contributed by atoms with Crippen LogP contribution in [0.25, 0.3) is 10.8 Å². The minimum absolute atomic E-state index is 0.101. The van der Waals surface area contributed by atoms with Gasteiger partial charge in [-0.3, -0.25) is 10.1 Å². The van der Waals surface area contributed by atoms with Crippen molar-refractivity contribution in [1.82, 2.24) is 4.98 Å². The summed E-state index contributed by atoms with van der Waals surface area (Å²) in [4.78, 5) is 18.2. The number of fused-ring (bicyclic) bond motifs is 1. The van der Waals surface area contributed by atoms with Crippen molar-refractivity contribution in [1.29, 1.82) is 0 Å². The highest BCUT2D eigenvalue weighted by molar-refractivity contribution is 7.16. The van der Waals surface area contributed by atoms with Crippen molar-refractivity contribution in [2.24, 2.45) is 0 Å². The molecule has 0 atom stereocenters. The third kappa shape index (κ3) is 3.09. The predicted octanol–water partition coefficient (Wildman–Crippen LogP) is 5.20. The van der Waals surface area contributed by atoms with Gasteiger partial charge in [0.15, 0.2) is 5.13 Å². The van der Waals surface area contributed by atoms with E-state index < -0.39 is 0 Å². The third-order valence-electron chi connectivity index (χ3n) is 3.76. The first-order valence-electron chi connectivity index (χ1n) is 7.56. The fourth-order valence-corrected chi connectivity index (χ4v) is 4.10. The van der Waals surface area contributed by atoms with E-state index >= 15 is 0 Å². The van der Waals surface area contributed by atoms with Crippen LogP contribution >= 0.6 is 22.7 Å². The molecule has 0 saturated carbocycles. The lowest BCUT2D eigenvalue weighted by Gasteiger charge is -2.04. The van der Waals surface area contributed by atoms with E-state index in [0.29, 0.717) is 10.0 Å². The Balaban J connectivity index is 1.54. The number of benzene rings is 2. The minimum Gasteiger partial charge on any atom is -0.297 e. The second kappa shape index (κ2) is 6.55. The van der Waals surface area contributed by atoms with Crippen LogP contribution in [0.5, 0.6) is 0 Å². The Bertz CT molecular complexity index is 984. The first-order valence-corrected chi connectivity index (χ1v) is 9.25. The molecule has 3 nitrogen and oxygen atoms in total. The lowest BCUT2D eigenvalue weighted by Crippen LogP contribution is -2.09. The Morgan fingerprint density at radius 1 is 1.04 bits per heavy atom. The van der Waals surface area contributed by atoms with Gasteiger partial charge in [-0.05, 0) is 27.8 Å². The Kier molecular flexibility index (Phi) is 4.11. The van der Waals surface area contributed by atoms with Gasteiger partial charge in [-0.1, -0.05) is 48.5 Å². The first kappa shape index (κ1) is 15.1. The van der Waals surface area contributed by atoms with Gasteiger partial charge in [0.25, 0.3) is 5.91 Å². The minimum atomic E-state index is -0.101. The number of rotatable bonds is 4. The lowest BCUT2D eigenvalue weighted by atomic mass is 10.0. The summed E-state index contributed by atoms with van der Waals surface area (Å²) in [5.41, 5.74) is 1.27. The van der Waals surface area contributed by atoms with Gasteiger partial charge < -0.3 is 0 Å². The fraction of sp³-hybridized carbons (Fsp3) is 0.0526. The molecular formula is C19H14N2OS2. The van der Waals surface area contributed by atoms with E-state index in [4.69, 9.17) is 0 Å². The second-order valence-electron chi connectivity index (χ2n) is 5.38. The zero-order valence-electron chi connectivity index (χ0n) is 12.7. The molecule has 2 aromatic heterocycles. The lowest BCUT2D eigenvalue weighted by molar-refractivity contribution is 0.103. The van der Waals surface area contributed by atoms with E-state index in [9.17, 15) is 4.79 Å². The topological polar surface area (TPSA) is 42.0 Å². The van der Waals surface area contributed by atoms with Gasteiger partial charge in [-0.25, -0.2) is 4.98 Å². The number of hydrogen-bond acceptors (Lipinski definition) is 4. The Labute approximate surface area is 147 Å². The second-order valence-corrected chi connectivity index (χ2v) is 7.44. The third-order valence-corrected chi connectivity index (χ3v) is 5.54. The first-order chi connectivity index (χ1) is 11.8. The quantitative estimate of drug-likeness (QED) is 0.549. The number of nitrogens with one attached hydrogen (secondary N) is 1. The molecule has 0 unspecified atom stereocenters. The van der Waals surface area contributed by atoms with Crippen molar-refractivity contribution in [2.75, 3.05) is 5.32 Å². The van der Waals surface area contributed by atoms with Crippen molar-refractivity contribution in [3.05, 3.63) is 81.5 Å². The summed E-state index contributed by atoms with van der Waals surface area (Å²) in [6.45, 7) is 0. The van der Waals surface area contributed by atoms with Crippen LogP contribution in [-0.4, -0.2) is 10.9 Å². The normalized spacial score (nSPS) is 10.8. The van der Waals surface area contributed by atoms with E-state index in [0.717, 1.165) is 11.3 Å². The SMILES string of the molecule is O=C(Nc1ncc(Cc2cccc3ccccc23)s1)c1cccs1. The maximum atomic E-state index is 12.1. The highest BCUT2D eigenvalue weighted by Crippen LogP contribution is 2.26. The average Bonchev–Trinajstić information content (AvgIpc) is 3.27. The number of carbonyl (C=O) groups excluding carboxylic acids is 1. The number of anilines is 1. The molecule has 0 radical (unpaired) electrons. The van der Waals surface area contributed by atoms with Crippen LogP contribution in [-0.2, 0) is 6.42 Å². The van der Waals surface area contributed by atoms with Crippen LogP contribution in [0.3, 0.4) is 0 Å². The van der Waals surface area contributed by atoms with Crippen molar-refractivity contribution >= 4 is 44.5 Å². The van der Waals surface area contributed by atoms with Crippen LogP contribution in [0.15, 0.2) is 66.2 Å². The molecule has 0 aliphatic rings. The van der Waals surface area contributed by atoms with Crippen LogP contribution in [0.1, 0.15) is 20.1 Å². The molecule has 4 rings (SSSR count). The molecule has 24 heavy (non-hydrogen) atoms. The number of thiazole rings is 1. The zero-order chi connectivity index (χ0) is 16.4. The molecule has 2 heterocycles. The van der Waals surface area contributed by atoms with Gasteiger partial charge >= 0.3 is 0 Å². The molecule has 5 heteroatoms. The monoisotopic (exact) mass is 350 g/mol. The van der Waals surface area contributed by atoms with Gasteiger partial charge in [-0.15, -0.1) is 22.7 Å². The van der Waals surface area contributed by atoms with Gasteiger partial charge in [0.05, 0.1) is 4.88 Å². The molecule has 0 fully saturated rings. The largest absolute Gasteiger partial charge is 0.297 e. The molecular weight excluding hydrogens is 336 g/mol. The van der Waals surface area contributed by atoms with Crippen LogP contribution < -0.4 is 5.32 Å². The molecule has 4 aromatic rings. The smallest absolute Gasteiger partial charge is 0.267 e. The summed E-state index contributed by atoms with van der Waals surface area (Å²) in [5, 5.41) is 7.90. The molecule has 0 spiro atoms. The van der Waals surface area contributed by atoms with Gasteiger partial charge in [-0.2, -0.15) is 0 Å². The summed E-state index contributed by atoms with van der Waals surface area (Å²) in [7, 11) is 0. The molecule has 118 valence electrons. The highest BCUT2D eigenvalue weighted by atomic mass is 32.1. The fourth-order valence-electron chi connectivity index (χ4n) is 2.65. The zero-order valence-corrected chi connectivity index (χ0v) is 14.4. The molecule has 0 aliphatic heterocycles. The maximum absolute atomic E-state index is 12.1. The van der Waals surface area contributed by atoms with Crippen LogP contribution in [0, 0.1) is 0 Å². The van der Waals surface area contributed by atoms with Crippen molar-refractivity contribution in [3.63, 3.8) is 0 Å². The van der Waals surface area contributed by atoms with Crippen molar-refractivity contribution in [2.45, 2.75) is 6.42 Å². The standard InChI is InChI=1S/C19H14N2OS2/c22-18(17-9-4-10-23-17)21-19-20-12-15(24-19)11-14-7-3-6-13-5-1-2-8-16(13)14/h1-10,12H,11H2,(H,20,21,22). The summed E-state index contributed by atoms with van der Waals surface area (Å²) >= 11 is 2.95. The average molecular weight is 350 g/mol. The van der Waals surface area contributed by atoms with E-state index in [2.05, 4.69) is 52.8 Å². The molecule has 1 N–H and O–H groups in total.